The lowest BCUT2D eigenvalue weighted by Crippen LogP contribution is -2.61. The second kappa shape index (κ2) is 12.8. The Morgan fingerprint density at radius 2 is 1.07 bits per heavy atom. The summed E-state index contributed by atoms with van der Waals surface area (Å²) in [5, 5.41) is 2.62. The van der Waals surface area contributed by atoms with Gasteiger partial charge in [-0.2, -0.15) is 0 Å². The molecule has 1 aliphatic carbocycles. The molecule has 0 unspecified atom stereocenters. The summed E-state index contributed by atoms with van der Waals surface area (Å²) >= 11 is 1.89. The average Bonchev–Trinajstić information content (AvgIpc) is 3.73. The Balaban J connectivity index is 1.21. The normalized spacial score (nSPS) is 15.5. The second-order valence-electron chi connectivity index (χ2n) is 18.5. The van der Waals surface area contributed by atoms with Crippen molar-refractivity contribution < 1.29 is 0 Å². The largest absolute Gasteiger partial charge is 0.311 e. The van der Waals surface area contributed by atoms with E-state index in [4.69, 9.17) is 0 Å². The van der Waals surface area contributed by atoms with Crippen LogP contribution in [-0.4, -0.2) is 6.71 Å². The highest BCUT2D eigenvalue weighted by atomic mass is 32.1. The van der Waals surface area contributed by atoms with Crippen LogP contribution in [0.3, 0.4) is 0 Å². The minimum absolute atomic E-state index is 0.0253. The number of anilines is 6. The summed E-state index contributed by atoms with van der Waals surface area (Å²) in [6.07, 6.45) is 1.12. The topological polar surface area (TPSA) is 6.48 Å². The van der Waals surface area contributed by atoms with Crippen LogP contribution in [0.15, 0.2) is 170 Å². The number of nitrogens with zero attached hydrogens (tertiary/aromatic N) is 2. The van der Waals surface area contributed by atoms with E-state index in [1.165, 1.54) is 110 Å². The van der Waals surface area contributed by atoms with Crippen molar-refractivity contribution in [3.05, 3.63) is 187 Å². The first-order chi connectivity index (χ1) is 29.1. The molecule has 0 saturated carbocycles. The molecule has 0 spiro atoms. The molecule has 8 aromatic carbocycles. The summed E-state index contributed by atoms with van der Waals surface area (Å²) < 4.78 is 2.63. The van der Waals surface area contributed by atoms with Crippen molar-refractivity contribution in [2.24, 2.45) is 0 Å². The van der Waals surface area contributed by atoms with Gasteiger partial charge in [-0.05, 0) is 134 Å². The Kier molecular flexibility index (Phi) is 7.60. The number of rotatable bonds is 4. The Labute approximate surface area is 357 Å². The van der Waals surface area contributed by atoms with Crippen LogP contribution in [0.2, 0.25) is 0 Å². The Hall–Kier alpha value is -6.36. The molecule has 288 valence electrons. The van der Waals surface area contributed by atoms with Crippen molar-refractivity contribution in [1.29, 1.82) is 0 Å². The van der Waals surface area contributed by atoms with Crippen molar-refractivity contribution in [3.63, 3.8) is 0 Å². The van der Waals surface area contributed by atoms with E-state index in [-0.39, 0.29) is 17.5 Å². The molecular formula is C56H45BN2S. The van der Waals surface area contributed by atoms with Gasteiger partial charge >= 0.3 is 0 Å². The summed E-state index contributed by atoms with van der Waals surface area (Å²) in [6.45, 7) is 12.1. The van der Waals surface area contributed by atoms with E-state index in [1.54, 1.807) is 0 Å². The summed E-state index contributed by atoms with van der Waals surface area (Å²) in [4.78, 5) is 5.22. The van der Waals surface area contributed by atoms with Gasteiger partial charge in [0.25, 0.3) is 6.71 Å². The van der Waals surface area contributed by atoms with Gasteiger partial charge in [-0.1, -0.05) is 143 Å². The molecule has 0 radical (unpaired) electrons. The summed E-state index contributed by atoms with van der Waals surface area (Å²) in [6, 6.07) is 64.2. The molecule has 0 atom stereocenters. The maximum Gasteiger partial charge on any atom is 0.252 e. The van der Waals surface area contributed by atoms with Crippen LogP contribution in [-0.2, 0) is 10.8 Å². The first kappa shape index (κ1) is 35.6. The van der Waals surface area contributed by atoms with Gasteiger partial charge in [0.2, 0.25) is 0 Å². The van der Waals surface area contributed by atoms with Crippen LogP contribution < -0.4 is 26.2 Å². The molecule has 9 aromatic rings. The van der Waals surface area contributed by atoms with Gasteiger partial charge in [0.1, 0.15) is 0 Å². The Morgan fingerprint density at radius 1 is 0.467 bits per heavy atom. The molecule has 1 aromatic heterocycles. The van der Waals surface area contributed by atoms with Gasteiger partial charge in [0.15, 0.2) is 0 Å². The summed E-state index contributed by atoms with van der Waals surface area (Å²) in [7, 11) is 0. The highest BCUT2D eigenvalue weighted by Gasteiger charge is 2.48. The Morgan fingerprint density at radius 3 is 1.82 bits per heavy atom. The number of thiophene rings is 1. The fourth-order valence-electron chi connectivity index (χ4n) is 11.3. The molecule has 2 aliphatic heterocycles. The number of hydrogen-bond acceptors (Lipinski definition) is 3. The quantitative estimate of drug-likeness (QED) is 0.164. The van der Waals surface area contributed by atoms with Gasteiger partial charge in [0, 0.05) is 48.6 Å². The van der Waals surface area contributed by atoms with E-state index >= 15 is 0 Å². The zero-order valence-corrected chi connectivity index (χ0v) is 35.6. The lowest BCUT2D eigenvalue weighted by atomic mass is 9.33. The second-order valence-corrected chi connectivity index (χ2v) is 19.6. The molecule has 2 nitrogen and oxygen atoms in total. The van der Waals surface area contributed by atoms with Crippen LogP contribution in [0.4, 0.5) is 34.1 Å². The van der Waals surface area contributed by atoms with Crippen LogP contribution >= 0.6 is 11.3 Å². The molecule has 4 heteroatoms. The lowest BCUT2D eigenvalue weighted by Gasteiger charge is -2.45. The predicted molar refractivity (Wildman–Crippen MR) is 260 cm³/mol. The molecule has 0 N–H and O–H groups in total. The zero-order valence-electron chi connectivity index (χ0n) is 34.8. The van der Waals surface area contributed by atoms with Gasteiger partial charge in [-0.25, -0.2) is 0 Å². The van der Waals surface area contributed by atoms with Crippen LogP contribution in [0.5, 0.6) is 0 Å². The number of fused-ring (bicyclic) bond motifs is 8. The molecule has 0 bridgehead atoms. The van der Waals surface area contributed by atoms with Gasteiger partial charge in [0.05, 0.1) is 5.69 Å². The fourth-order valence-corrected chi connectivity index (χ4v) is 12.5. The first-order valence-electron chi connectivity index (χ1n) is 21.3. The minimum Gasteiger partial charge on any atom is -0.311 e. The highest BCUT2D eigenvalue weighted by molar-refractivity contribution is 7.26. The van der Waals surface area contributed by atoms with Crippen molar-refractivity contribution in [1.82, 2.24) is 0 Å². The third-order valence-corrected chi connectivity index (χ3v) is 14.8. The van der Waals surface area contributed by atoms with Crippen molar-refractivity contribution >= 4 is 88.7 Å². The molecule has 60 heavy (non-hydrogen) atoms. The summed E-state index contributed by atoms with van der Waals surface area (Å²) in [5.41, 5.74) is 20.8. The highest BCUT2D eigenvalue weighted by Crippen LogP contribution is 2.53. The predicted octanol–water partition coefficient (Wildman–Crippen LogP) is 13.7. The maximum absolute atomic E-state index is 2.63. The summed E-state index contributed by atoms with van der Waals surface area (Å²) in [5.74, 6) is 0. The molecule has 12 rings (SSSR count). The lowest BCUT2D eigenvalue weighted by molar-refractivity contribution is 0.403. The molecule has 0 saturated heterocycles. The molecule has 3 aliphatic rings. The van der Waals surface area contributed by atoms with E-state index < -0.39 is 0 Å². The van der Waals surface area contributed by atoms with Crippen LogP contribution in [0.1, 0.15) is 50.8 Å². The van der Waals surface area contributed by atoms with Crippen LogP contribution in [0.25, 0.3) is 42.4 Å². The van der Waals surface area contributed by atoms with Gasteiger partial charge < -0.3 is 9.80 Å². The van der Waals surface area contributed by atoms with Crippen molar-refractivity contribution in [2.45, 2.75) is 51.9 Å². The SMILES string of the molecule is Cc1cc2c3c(c1)N(c1cccc4sc5ccccc5c14)c1ccc(-c4ccccc4)cc1B3c1cc3c(cc1N2c1cccc(-c2ccccc2)c1)C(C)(C)CC3(C)C. The number of benzene rings is 8. The van der Waals surface area contributed by atoms with Gasteiger partial charge in [-0.15, -0.1) is 11.3 Å². The van der Waals surface area contributed by atoms with E-state index in [1.807, 2.05) is 11.3 Å². The fraction of sp³-hybridized carbons (Fsp3) is 0.143. The van der Waals surface area contributed by atoms with E-state index in [9.17, 15) is 0 Å². The minimum atomic E-state index is 0.0253. The van der Waals surface area contributed by atoms with E-state index in [2.05, 4.69) is 214 Å². The van der Waals surface area contributed by atoms with Crippen molar-refractivity contribution in [3.8, 4) is 22.3 Å². The van der Waals surface area contributed by atoms with E-state index in [0.717, 1.165) is 6.42 Å². The average molecular weight is 789 g/mol. The monoisotopic (exact) mass is 788 g/mol. The third kappa shape index (κ3) is 5.20. The first-order valence-corrected chi connectivity index (χ1v) is 22.2. The number of aryl methyl sites for hydroxylation is 1. The molecular weight excluding hydrogens is 744 g/mol. The smallest absolute Gasteiger partial charge is 0.252 e. The van der Waals surface area contributed by atoms with Crippen LogP contribution in [0, 0.1) is 6.92 Å². The Bertz CT molecular complexity index is 3220. The number of hydrogen-bond donors (Lipinski definition) is 0. The molecule has 0 fully saturated rings. The van der Waals surface area contributed by atoms with Gasteiger partial charge in [-0.3, -0.25) is 0 Å². The maximum atomic E-state index is 2.63. The zero-order chi connectivity index (χ0) is 40.5. The third-order valence-electron chi connectivity index (χ3n) is 13.6. The molecule has 3 heterocycles. The standard InChI is InChI=1S/C56H45BN2S/c1-35-28-49-54-50(29-35)59(47-23-15-25-52-53(47)41-22-12-13-24-51(41)60-52)46-27-26-39(37-18-10-7-11-19-37)31-44(46)57(54)45-32-42-43(56(4,5)34-55(42,2)3)33-48(45)58(49)40-21-14-20-38(30-40)36-16-8-6-9-17-36/h6-33H,34H2,1-5H3. The van der Waals surface area contributed by atoms with E-state index in [0.29, 0.717) is 0 Å². The van der Waals surface area contributed by atoms with Crippen molar-refractivity contribution in [2.75, 3.05) is 9.80 Å². The molecule has 0 amide bonds.